The average molecular weight is 416 g/mol. The standard InChI is InChI=1S/C17H30F2O7S/c1-14(2,3)11-16(7,15(4,5)6)12(20)25-9-8-10-26-13(21)17(18,19)27(22,23)24/h8-11H2,1-7H3,(H,22,23,24). The highest BCUT2D eigenvalue weighted by Crippen LogP contribution is 2.47. The van der Waals surface area contributed by atoms with Crippen LogP contribution in [0.4, 0.5) is 8.78 Å². The fourth-order valence-corrected chi connectivity index (χ4v) is 2.71. The smallest absolute Gasteiger partial charge is 0.465 e. The van der Waals surface area contributed by atoms with Crippen molar-refractivity contribution in [2.75, 3.05) is 13.2 Å². The lowest BCUT2D eigenvalue weighted by Crippen LogP contribution is -2.44. The van der Waals surface area contributed by atoms with Gasteiger partial charge in [0.1, 0.15) is 0 Å². The van der Waals surface area contributed by atoms with Crippen LogP contribution < -0.4 is 0 Å². The first kappa shape index (κ1) is 25.7. The largest absolute Gasteiger partial charge is 0.465 e. The monoisotopic (exact) mass is 416 g/mol. The molecule has 1 atom stereocenters. The third-order valence-electron chi connectivity index (χ3n) is 4.31. The molecule has 0 amide bonds. The highest BCUT2D eigenvalue weighted by atomic mass is 32.2. The van der Waals surface area contributed by atoms with Gasteiger partial charge < -0.3 is 9.47 Å². The Labute approximate surface area is 159 Å². The van der Waals surface area contributed by atoms with Gasteiger partial charge in [-0.2, -0.15) is 17.2 Å². The van der Waals surface area contributed by atoms with Gasteiger partial charge >= 0.3 is 27.3 Å². The molecule has 0 aliphatic rings. The number of hydrogen-bond acceptors (Lipinski definition) is 6. The summed E-state index contributed by atoms with van der Waals surface area (Å²) in [5.74, 6) is -2.84. The van der Waals surface area contributed by atoms with Crippen LogP contribution in [0.15, 0.2) is 0 Å². The molecular weight excluding hydrogens is 386 g/mol. The van der Waals surface area contributed by atoms with Crippen molar-refractivity contribution < 1.29 is 40.8 Å². The maximum Gasteiger partial charge on any atom is 0.465 e. The summed E-state index contributed by atoms with van der Waals surface area (Å²) in [4.78, 5) is 23.7. The normalized spacial score (nSPS) is 15.8. The minimum Gasteiger partial charge on any atom is -0.465 e. The molecule has 1 N–H and O–H groups in total. The van der Waals surface area contributed by atoms with Crippen LogP contribution in [0, 0.1) is 16.2 Å². The molecule has 7 nitrogen and oxygen atoms in total. The Bertz CT molecular complexity index is 645. The van der Waals surface area contributed by atoms with Gasteiger partial charge in [0.05, 0.1) is 18.6 Å². The van der Waals surface area contributed by atoms with Gasteiger partial charge in [0.25, 0.3) is 0 Å². The van der Waals surface area contributed by atoms with Gasteiger partial charge in [0, 0.05) is 6.42 Å². The van der Waals surface area contributed by atoms with Crippen molar-refractivity contribution in [1.29, 1.82) is 0 Å². The summed E-state index contributed by atoms with van der Waals surface area (Å²) < 4.78 is 64.5. The van der Waals surface area contributed by atoms with Gasteiger partial charge in [-0.05, 0) is 24.2 Å². The second-order valence-electron chi connectivity index (χ2n) is 8.94. The Balaban J connectivity index is 4.73. The van der Waals surface area contributed by atoms with Crippen LogP contribution >= 0.6 is 0 Å². The van der Waals surface area contributed by atoms with E-state index in [1.54, 1.807) is 6.92 Å². The summed E-state index contributed by atoms with van der Waals surface area (Å²) in [5.41, 5.74) is -1.35. The molecule has 0 saturated heterocycles. The predicted octanol–water partition coefficient (Wildman–Crippen LogP) is 3.43. The number of carbonyl (C=O) groups is 2. The molecule has 0 aliphatic heterocycles. The van der Waals surface area contributed by atoms with E-state index in [9.17, 15) is 26.8 Å². The summed E-state index contributed by atoms with van der Waals surface area (Å²) in [6.07, 6.45) is 0.451. The topological polar surface area (TPSA) is 107 Å². The van der Waals surface area contributed by atoms with Crippen LogP contribution in [0.3, 0.4) is 0 Å². The quantitative estimate of drug-likeness (QED) is 0.367. The van der Waals surface area contributed by atoms with Crippen LogP contribution in [0.2, 0.25) is 0 Å². The second-order valence-corrected chi connectivity index (χ2v) is 10.4. The van der Waals surface area contributed by atoms with E-state index in [4.69, 9.17) is 9.29 Å². The Hall–Kier alpha value is -1.29. The van der Waals surface area contributed by atoms with Gasteiger partial charge in [-0.15, -0.1) is 0 Å². The van der Waals surface area contributed by atoms with Crippen LogP contribution in [0.5, 0.6) is 0 Å². The lowest BCUT2D eigenvalue weighted by atomic mass is 9.61. The van der Waals surface area contributed by atoms with Crippen molar-refractivity contribution in [3.63, 3.8) is 0 Å². The first-order chi connectivity index (χ1) is 11.8. The molecule has 0 rings (SSSR count). The maximum absolute atomic E-state index is 13.0. The molecule has 0 aromatic carbocycles. The minimum atomic E-state index is -5.90. The third-order valence-corrected chi connectivity index (χ3v) is 5.12. The van der Waals surface area contributed by atoms with Gasteiger partial charge in [-0.25, -0.2) is 4.79 Å². The highest BCUT2D eigenvalue weighted by Gasteiger charge is 2.54. The molecule has 0 radical (unpaired) electrons. The van der Waals surface area contributed by atoms with Crippen LogP contribution in [0.25, 0.3) is 0 Å². The fraction of sp³-hybridized carbons (Fsp3) is 0.882. The number of esters is 2. The first-order valence-corrected chi connectivity index (χ1v) is 9.89. The molecule has 10 heteroatoms. The number of carbonyl (C=O) groups excluding carboxylic acids is 2. The molecule has 0 saturated carbocycles. The van der Waals surface area contributed by atoms with E-state index in [2.05, 4.69) is 4.74 Å². The molecule has 160 valence electrons. The van der Waals surface area contributed by atoms with Gasteiger partial charge in [-0.3, -0.25) is 9.35 Å². The van der Waals surface area contributed by atoms with Crippen molar-refractivity contribution in [3.05, 3.63) is 0 Å². The van der Waals surface area contributed by atoms with E-state index >= 15 is 0 Å². The summed E-state index contributed by atoms with van der Waals surface area (Å²) in [6, 6.07) is 0. The van der Waals surface area contributed by atoms with Crippen LogP contribution in [0.1, 0.15) is 61.3 Å². The summed E-state index contributed by atoms with van der Waals surface area (Å²) in [6.45, 7) is 12.8. The summed E-state index contributed by atoms with van der Waals surface area (Å²) in [5, 5.41) is -5.04. The maximum atomic E-state index is 13.0. The average Bonchev–Trinajstić information content (AvgIpc) is 2.41. The number of alkyl halides is 2. The zero-order valence-electron chi connectivity index (χ0n) is 16.9. The number of halogens is 2. The van der Waals surface area contributed by atoms with Crippen molar-refractivity contribution >= 4 is 22.1 Å². The lowest BCUT2D eigenvalue weighted by Gasteiger charge is -2.43. The second kappa shape index (κ2) is 8.38. The van der Waals surface area contributed by atoms with Gasteiger partial charge in [0.2, 0.25) is 0 Å². The molecule has 0 spiro atoms. The molecule has 0 aromatic rings. The van der Waals surface area contributed by atoms with Crippen LogP contribution in [-0.2, 0) is 29.2 Å². The van der Waals surface area contributed by atoms with Crippen molar-refractivity contribution in [2.24, 2.45) is 16.2 Å². The molecule has 0 aliphatic carbocycles. The minimum absolute atomic E-state index is 0.102. The molecule has 27 heavy (non-hydrogen) atoms. The summed E-state index contributed by atoms with van der Waals surface area (Å²) in [7, 11) is -5.90. The summed E-state index contributed by atoms with van der Waals surface area (Å²) >= 11 is 0. The Morgan fingerprint density at radius 1 is 0.889 bits per heavy atom. The molecular formula is C17H30F2O7S. The van der Waals surface area contributed by atoms with E-state index in [0.717, 1.165) is 0 Å². The highest BCUT2D eigenvalue weighted by molar-refractivity contribution is 7.87. The van der Waals surface area contributed by atoms with E-state index < -0.39 is 44.7 Å². The van der Waals surface area contributed by atoms with E-state index in [0.29, 0.717) is 6.42 Å². The van der Waals surface area contributed by atoms with E-state index in [1.165, 1.54) is 0 Å². The lowest BCUT2D eigenvalue weighted by molar-refractivity contribution is -0.166. The predicted molar refractivity (Wildman–Crippen MR) is 94.7 cm³/mol. The fourth-order valence-electron chi connectivity index (χ4n) is 2.44. The number of ether oxygens (including phenoxy) is 2. The SMILES string of the molecule is CC(C)(C)CC(C)(C(=O)OCCCOC(=O)C(F)(F)S(=O)(=O)O)C(C)(C)C. The number of hydrogen-bond donors (Lipinski definition) is 1. The molecule has 0 bridgehead atoms. The van der Waals surface area contributed by atoms with Gasteiger partial charge in [0.15, 0.2) is 0 Å². The molecule has 1 unspecified atom stereocenters. The zero-order valence-corrected chi connectivity index (χ0v) is 17.7. The first-order valence-electron chi connectivity index (χ1n) is 8.45. The van der Waals surface area contributed by atoms with Crippen molar-refractivity contribution in [2.45, 2.75) is 66.6 Å². The molecule has 0 fully saturated rings. The molecule has 0 heterocycles. The van der Waals surface area contributed by atoms with Crippen molar-refractivity contribution in [3.8, 4) is 0 Å². The molecule has 0 aromatic heterocycles. The zero-order chi connectivity index (χ0) is 21.9. The third kappa shape index (κ3) is 6.99. The van der Waals surface area contributed by atoms with Crippen LogP contribution in [-0.4, -0.2) is 43.4 Å². The van der Waals surface area contributed by atoms with E-state index in [-0.39, 0.29) is 18.4 Å². The number of rotatable bonds is 8. The Morgan fingerprint density at radius 2 is 1.30 bits per heavy atom. The van der Waals surface area contributed by atoms with Gasteiger partial charge in [-0.1, -0.05) is 41.5 Å². The Morgan fingerprint density at radius 3 is 1.63 bits per heavy atom. The Kier molecular flexibility index (Phi) is 7.98. The van der Waals surface area contributed by atoms with E-state index in [1.807, 2.05) is 41.5 Å². The van der Waals surface area contributed by atoms with Crippen molar-refractivity contribution in [1.82, 2.24) is 0 Å².